The summed E-state index contributed by atoms with van der Waals surface area (Å²) in [5.41, 5.74) is 7.34. The van der Waals surface area contributed by atoms with Crippen LogP contribution < -0.4 is 5.73 Å². The number of halogens is 1. The highest BCUT2D eigenvalue weighted by molar-refractivity contribution is 9.10. The highest BCUT2D eigenvalue weighted by Gasteiger charge is 2.33. The molecule has 1 saturated carbocycles. The molecule has 102 valence electrons. The zero-order valence-corrected chi connectivity index (χ0v) is 13.3. The van der Waals surface area contributed by atoms with Gasteiger partial charge in [0.05, 0.1) is 10.6 Å². The monoisotopic (exact) mass is 340 g/mol. The number of hydrogen-bond donors (Lipinski definition) is 1. The number of benzene rings is 1. The Morgan fingerprint density at radius 2 is 2.21 bits per heavy atom. The molecule has 1 aliphatic rings. The van der Waals surface area contributed by atoms with Gasteiger partial charge in [-0.25, -0.2) is 0 Å². The van der Waals surface area contributed by atoms with E-state index in [1.807, 2.05) is 30.0 Å². The predicted molar refractivity (Wildman–Crippen MR) is 84.3 cm³/mol. The van der Waals surface area contributed by atoms with Gasteiger partial charge in [0.1, 0.15) is 0 Å². The first-order valence-corrected chi connectivity index (χ1v) is 7.54. The Morgan fingerprint density at radius 1 is 1.53 bits per heavy atom. The van der Waals surface area contributed by atoms with Crippen LogP contribution in [0, 0.1) is 6.92 Å². The Morgan fingerprint density at radius 3 is 2.79 bits per heavy atom. The fourth-order valence-corrected chi connectivity index (χ4v) is 2.53. The third-order valence-electron chi connectivity index (χ3n) is 3.20. The average molecular weight is 341 g/mol. The minimum absolute atomic E-state index is 0.0642. The molecule has 2 N–H and O–H groups in total. The molecule has 5 heteroatoms. The number of aryl methyl sites for hydroxylation is 1. The van der Waals surface area contributed by atoms with Gasteiger partial charge < -0.3 is 10.6 Å². The molecule has 0 unspecified atom stereocenters. The van der Waals surface area contributed by atoms with Crippen molar-refractivity contribution >= 4 is 39.0 Å². The molecule has 0 saturated heterocycles. The first-order chi connectivity index (χ1) is 8.99. The van der Waals surface area contributed by atoms with Crippen LogP contribution in [0.3, 0.4) is 0 Å². The van der Waals surface area contributed by atoms with E-state index in [9.17, 15) is 4.79 Å². The van der Waals surface area contributed by atoms with Crippen LogP contribution in [0.4, 0.5) is 0 Å². The second-order valence-corrected chi connectivity index (χ2v) is 6.31. The van der Waals surface area contributed by atoms with Crippen LogP contribution in [0.2, 0.25) is 0 Å². The van der Waals surface area contributed by atoms with E-state index in [2.05, 4.69) is 15.9 Å². The van der Waals surface area contributed by atoms with Crippen molar-refractivity contribution in [1.82, 2.24) is 4.90 Å². The maximum absolute atomic E-state index is 12.6. The average Bonchev–Trinajstić information content (AvgIpc) is 3.16. The molecule has 2 rings (SSSR count). The van der Waals surface area contributed by atoms with Crippen LogP contribution in [-0.2, 0) is 0 Å². The van der Waals surface area contributed by atoms with E-state index in [1.54, 1.807) is 0 Å². The Balaban J connectivity index is 2.18. The summed E-state index contributed by atoms with van der Waals surface area (Å²) >= 11 is 8.35. The Labute approximate surface area is 127 Å². The summed E-state index contributed by atoms with van der Waals surface area (Å²) in [5.74, 6) is 0.0642. The summed E-state index contributed by atoms with van der Waals surface area (Å²) < 4.78 is 0.837. The first-order valence-electron chi connectivity index (χ1n) is 6.34. The fraction of sp³-hybridized carbons (Fsp3) is 0.429. The van der Waals surface area contributed by atoms with E-state index in [1.165, 1.54) is 0 Å². The number of nitrogens with zero attached hydrogens (tertiary/aromatic N) is 1. The molecule has 1 aromatic carbocycles. The smallest absolute Gasteiger partial charge is 0.255 e. The third kappa shape index (κ3) is 3.76. The van der Waals surface area contributed by atoms with Crippen LogP contribution in [-0.4, -0.2) is 28.4 Å². The largest absolute Gasteiger partial charge is 0.393 e. The van der Waals surface area contributed by atoms with E-state index in [4.69, 9.17) is 18.0 Å². The molecule has 1 amide bonds. The lowest BCUT2D eigenvalue weighted by Crippen LogP contribution is -2.35. The second kappa shape index (κ2) is 6.01. The van der Waals surface area contributed by atoms with E-state index in [-0.39, 0.29) is 5.91 Å². The molecule has 3 nitrogen and oxygen atoms in total. The minimum atomic E-state index is 0.0642. The van der Waals surface area contributed by atoms with Gasteiger partial charge in [-0.15, -0.1) is 0 Å². The van der Waals surface area contributed by atoms with Crippen LogP contribution in [0.5, 0.6) is 0 Å². The van der Waals surface area contributed by atoms with E-state index in [0.29, 0.717) is 24.0 Å². The van der Waals surface area contributed by atoms with Crippen molar-refractivity contribution in [1.29, 1.82) is 0 Å². The lowest BCUT2D eigenvalue weighted by molar-refractivity contribution is 0.0747. The van der Waals surface area contributed by atoms with Gasteiger partial charge in [0.15, 0.2) is 0 Å². The summed E-state index contributed by atoms with van der Waals surface area (Å²) in [6.45, 7) is 2.60. The Bertz CT molecular complexity index is 514. The highest BCUT2D eigenvalue weighted by atomic mass is 79.9. The molecule has 1 aromatic rings. The van der Waals surface area contributed by atoms with E-state index in [0.717, 1.165) is 28.4 Å². The molecule has 0 spiro atoms. The molecular formula is C14H17BrN2OS. The lowest BCUT2D eigenvalue weighted by Gasteiger charge is -2.23. The van der Waals surface area contributed by atoms with E-state index < -0.39 is 0 Å². The lowest BCUT2D eigenvalue weighted by atomic mass is 10.1. The van der Waals surface area contributed by atoms with Gasteiger partial charge in [-0.2, -0.15) is 0 Å². The molecular weight excluding hydrogens is 324 g/mol. The van der Waals surface area contributed by atoms with Gasteiger partial charge in [0, 0.05) is 23.5 Å². The standard InChI is InChI=1S/C14H17BrN2OS/c1-9-2-5-12(15)11(8-9)14(18)17(10-3-4-10)7-6-13(16)19/h2,5,8,10H,3-4,6-7H2,1H3,(H2,16,19). The van der Waals surface area contributed by atoms with Gasteiger partial charge >= 0.3 is 0 Å². The number of carbonyl (C=O) groups is 1. The number of hydrogen-bond acceptors (Lipinski definition) is 2. The van der Waals surface area contributed by atoms with Crippen LogP contribution in [0.15, 0.2) is 22.7 Å². The van der Waals surface area contributed by atoms with Crippen molar-refractivity contribution in [2.45, 2.75) is 32.2 Å². The summed E-state index contributed by atoms with van der Waals surface area (Å²) in [5, 5.41) is 0. The second-order valence-electron chi connectivity index (χ2n) is 4.93. The third-order valence-corrected chi connectivity index (χ3v) is 4.10. The molecule has 1 fully saturated rings. The van der Waals surface area contributed by atoms with Crippen LogP contribution in [0.25, 0.3) is 0 Å². The van der Waals surface area contributed by atoms with E-state index >= 15 is 0 Å². The van der Waals surface area contributed by atoms with Crippen molar-refractivity contribution < 1.29 is 4.79 Å². The first kappa shape index (κ1) is 14.5. The van der Waals surface area contributed by atoms with Crippen LogP contribution >= 0.6 is 28.1 Å². The molecule has 0 bridgehead atoms. The highest BCUT2D eigenvalue weighted by Crippen LogP contribution is 2.30. The molecule has 0 aromatic heterocycles. The minimum Gasteiger partial charge on any atom is -0.393 e. The van der Waals surface area contributed by atoms with Crippen LogP contribution in [0.1, 0.15) is 35.2 Å². The molecule has 19 heavy (non-hydrogen) atoms. The molecule has 1 aliphatic carbocycles. The maximum Gasteiger partial charge on any atom is 0.255 e. The van der Waals surface area contributed by atoms with Crippen molar-refractivity contribution in [3.63, 3.8) is 0 Å². The number of rotatable bonds is 5. The van der Waals surface area contributed by atoms with Gasteiger partial charge in [-0.3, -0.25) is 4.79 Å². The van der Waals surface area contributed by atoms with Gasteiger partial charge in [-0.1, -0.05) is 23.8 Å². The quantitative estimate of drug-likeness (QED) is 0.838. The number of thiocarbonyl (C=S) groups is 1. The molecule has 0 atom stereocenters. The zero-order chi connectivity index (χ0) is 14.0. The summed E-state index contributed by atoms with van der Waals surface area (Å²) in [4.78, 5) is 15.0. The molecule has 0 radical (unpaired) electrons. The topological polar surface area (TPSA) is 46.3 Å². The summed E-state index contributed by atoms with van der Waals surface area (Å²) in [7, 11) is 0. The normalized spacial score (nSPS) is 14.2. The van der Waals surface area contributed by atoms with Gasteiger partial charge in [-0.05, 0) is 47.8 Å². The molecule has 0 aliphatic heterocycles. The SMILES string of the molecule is Cc1ccc(Br)c(C(=O)N(CCC(N)=S)C2CC2)c1. The zero-order valence-electron chi connectivity index (χ0n) is 10.9. The van der Waals surface area contributed by atoms with Crippen molar-refractivity contribution in [3.8, 4) is 0 Å². The summed E-state index contributed by atoms with van der Waals surface area (Å²) in [6.07, 6.45) is 2.74. The Kier molecular flexibility index (Phi) is 4.58. The number of amides is 1. The van der Waals surface area contributed by atoms with Gasteiger partial charge in [0.2, 0.25) is 0 Å². The number of nitrogens with two attached hydrogens (primary N) is 1. The number of carbonyl (C=O) groups excluding carboxylic acids is 1. The predicted octanol–water partition coefficient (Wildman–Crippen LogP) is 3.04. The maximum atomic E-state index is 12.6. The fourth-order valence-electron chi connectivity index (χ4n) is 2.02. The summed E-state index contributed by atoms with van der Waals surface area (Å²) in [6, 6.07) is 6.18. The van der Waals surface area contributed by atoms with Crippen molar-refractivity contribution in [2.24, 2.45) is 5.73 Å². The van der Waals surface area contributed by atoms with Crippen molar-refractivity contribution in [3.05, 3.63) is 33.8 Å². The Hall–Kier alpha value is -0.940. The molecule has 0 heterocycles. The van der Waals surface area contributed by atoms with Gasteiger partial charge in [0.25, 0.3) is 5.91 Å². The van der Waals surface area contributed by atoms with Crippen molar-refractivity contribution in [2.75, 3.05) is 6.54 Å².